The van der Waals surface area contributed by atoms with E-state index in [0.29, 0.717) is 12.0 Å². The zero-order valence-electron chi connectivity index (χ0n) is 11.0. The molecule has 0 radical (unpaired) electrons. The van der Waals surface area contributed by atoms with Crippen LogP contribution >= 0.6 is 0 Å². The summed E-state index contributed by atoms with van der Waals surface area (Å²) in [7, 11) is -8.26. The van der Waals surface area contributed by atoms with Crippen molar-refractivity contribution < 1.29 is 21.6 Å². The van der Waals surface area contributed by atoms with Crippen LogP contribution in [0.3, 0.4) is 0 Å². The molecule has 18 heavy (non-hydrogen) atoms. The molecule has 0 fully saturated rings. The molecule has 0 aliphatic rings. The van der Waals surface area contributed by atoms with E-state index in [2.05, 4.69) is 6.58 Å². The van der Waals surface area contributed by atoms with Crippen LogP contribution in [-0.4, -0.2) is 33.6 Å². The van der Waals surface area contributed by atoms with E-state index in [1.807, 2.05) is 0 Å². The van der Waals surface area contributed by atoms with Gasteiger partial charge in [0.2, 0.25) is 0 Å². The van der Waals surface area contributed by atoms with Crippen molar-refractivity contribution in [2.45, 2.75) is 45.3 Å². The van der Waals surface area contributed by atoms with E-state index in [1.165, 1.54) is 13.8 Å². The first-order valence-corrected chi connectivity index (χ1v) is 9.39. The van der Waals surface area contributed by atoms with Crippen molar-refractivity contribution >= 4 is 23.5 Å². The van der Waals surface area contributed by atoms with Gasteiger partial charge in [0, 0.05) is 6.42 Å². The minimum atomic E-state index is -4.14. The van der Waals surface area contributed by atoms with E-state index in [0.717, 1.165) is 0 Å². The Bertz CT molecular complexity index is 512. The largest absolute Gasteiger partial charge is 0.295 e. The van der Waals surface area contributed by atoms with Gasteiger partial charge >= 0.3 is 0 Å². The minimum Gasteiger partial charge on any atom is -0.295 e. The fourth-order valence-electron chi connectivity index (χ4n) is 1.19. The molecule has 0 saturated carbocycles. The van der Waals surface area contributed by atoms with Crippen LogP contribution in [0, 0.1) is 0 Å². The summed E-state index contributed by atoms with van der Waals surface area (Å²) >= 11 is 0. The van der Waals surface area contributed by atoms with Gasteiger partial charge in [-0.2, -0.15) is 0 Å². The fraction of sp³-hybridized carbons (Fsp3) is 0.727. The van der Waals surface area contributed by atoms with Crippen molar-refractivity contribution in [3.63, 3.8) is 0 Å². The highest BCUT2D eigenvalue weighted by atomic mass is 33.2. The summed E-state index contributed by atoms with van der Waals surface area (Å²) in [6, 6.07) is 0. The van der Waals surface area contributed by atoms with E-state index in [4.69, 9.17) is 0 Å². The molecule has 0 saturated heterocycles. The molecule has 0 atom stereocenters. The highest BCUT2D eigenvalue weighted by molar-refractivity contribution is 8.67. The quantitative estimate of drug-likeness (QED) is 0.384. The van der Waals surface area contributed by atoms with Gasteiger partial charge < -0.3 is 0 Å². The number of carbonyl (C=O) groups is 1. The van der Waals surface area contributed by atoms with E-state index >= 15 is 0 Å². The van der Waals surface area contributed by atoms with Gasteiger partial charge in [0.25, 0.3) is 17.7 Å². The number of allylic oxidation sites excluding steroid dienone is 1. The molecule has 0 spiro atoms. The van der Waals surface area contributed by atoms with Gasteiger partial charge in [-0.25, -0.2) is 16.8 Å². The molecule has 0 heterocycles. The number of carbonyl (C=O) groups excluding carboxylic acids is 1. The molecule has 0 bridgehead atoms. The standard InChI is InChI=1S/C11H20O5S2/c1-9(2)11(12)7-5-6-8-17(13,14)18(15,16)10(3)4/h10H,1,5-8H2,2-4H3. The highest BCUT2D eigenvalue weighted by Gasteiger charge is 2.32. The zero-order valence-corrected chi connectivity index (χ0v) is 12.6. The third-order valence-corrected chi connectivity index (χ3v) is 8.89. The molecule has 0 rings (SSSR count). The number of Topliss-reactive ketones (excluding diaryl/α,β-unsaturated/α-hetero) is 1. The van der Waals surface area contributed by atoms with Gasteiger partial charge in [-0.15, -0.1) is 0 Å². The molecule has 0 amide bonds. The average molecular weight is 296 g/mol. The lowest BCUT2D eigenvalue weighted by molar-refractivity contribution is -0.115. The third-order valence-electron chi connectivity index (χ3n) is 2.46. The Labute approximate surface area is 109 Å². The SMILES string of the molecule is C=C(C)C(=O)CCCCS(=O)(=O)S(=O)(=O)C(C)C. The predicted octanol–water partition coefficient (Wildman–Crippen LogP) is 1.45. The molecule has 5 nitrogen and oxygen atoms in total. The van der Waals surface area contributed by atoms with Crippen molar-refractivity contribution in [2.24, 2.45) is 0 Å². The lowest BCUT2D eigenvalue weighted by Crippen LogP contribution is -2.26. The molecule has 0 N–H and O–H groups in total. The summed E-state index contributed by atoms with van der Waals surface area (Å²) in [5.41, 5.74) is 0.424. The predicted molar refractivity (Wildman–Crippen MR) is 71.5 cm³/mol. The van der Waals surface area contributed by atoms with Gasteiger partial charge in [-0.1, -0.05) is 6.58 Å². The van der Waals surface area contributed by atoms with Crippen LogP contribution in [0.25, 0.3) is 0 Å². The molecule has 0 aromatic heterocycles. The number of ketones is 1. The zero-order chi connectivity index (χ0) is 14.6. The van der Waals surface area contributed by atoms with Gasteiger partial charge in [-0.3, -0.25) is 4.79 Å². The summed E-state index contributed by atoms with van der Waals surface area (Å²) in [5, 5.41) is -0.945. The second-order valence-corrected chi connectivity index (χ2v) is 10.8. The van der Waals surface area contributed by atoms with Crippen LogP contribution in [0.5, 0.6) is 0 Å². The normalized spacial score (nSPS) is 12.7. The van der Waals surface area contributed by atoms with Crippen LogP contribution in [0.1, 0.15) is 40.0 Å². The Morgan fingerprint density at radius 3 is 2.00 bits per heavy atom. The monoisotopic (exact) mass is 296 g/mol. The maximum atomic E-state index is 11.6. The van der Waals surface area contributed by atoms with Crippen LogP contribution in [0.15, 0.2) is 12.2 Å². The number of hydrogen-bond donors (Lipinski definition) is 0. The Kier molecular flexibility index (Phi) is 6.22. The van der Waals surface area contributed by atoms with Gasteiger partial charge in [0.05, 0.1) is 11.0 Å². The molecule has 106 valence electrons. The van der Waals surface area contributed by atoms with Crippen LogP contribution in [0.2, 0.25) is 0 Å². The number of unbranched alkanes of at least 4 members (excludes halogenated alkanes) is 1. The Morgan fingerprint density at radius 1 is 1.11 bits per heavy atom. The van der Waals surface area contributed by atoms with E-state index in [9.17, 15) is 21.6 Å². The molecular weight excluding hydrogens is 276 g/mol. The molecular formula is C11H20O5S2. The Morgan fingerprint density at radius 2 is 1.61 bits per heavy atom. The lowest BCUT2D eigenvalue weighted by Gasteiger charge is -2.08. The second-order valence-electron chi connectivity index (χ2n) is 4.46. The van der Waals surface area contributed by atoms with E-state index in [-0.39, 0.29) is 18.6 Å². The van der Waals surface area contributed by atoms with Gasteiger partial charge in [0.15, 0.2) is 5.78 Å². The van der Waals surface area contributed by atoms with Crippen LogP contribution in [0.4, 0.5) is 0 Å². The topological polar surface area (TPSA) is 85.3 Å². The Balaban J connectivity index is 4.40. The van der Waals surface area contributed by atoms with Crippen molar-refractivity contribution in [3.8, 4) is 0 Å². The Hall–Kier alpha value is -0.690. The van der Waals surface area contributed by atoms with Crippen molar-refractivity contribution in [2.75, 3.05) is 5.75 Å². The van der Waals surface area contributed by atoms with Gasteiger partial charge in [0.1, 0.15) is 0 Å². The summed E-state index contributed by atoms with van der Waals surface area (Å²) in [5.74, 6) is -0.559. The van der Waals surface area contributed by atoms with Crippen molar-refractivity contribution in [1.29, 1.82) is 0 Å². The number of hydrogen-bond acceptors (Lipinski definition) is 5. The highest BCUT2D eigenvalue weighted by Crippen LogP contribution is 2.14. The number of rotatable bonds is 8. The third kappa shape index (κ3) is 4.53. The molecule has 0 aliphatic carbocycles. The fourth-order valence-corrected chi connectivity index (χ4v) is 5.37. The summed E-state index contributed by atoms with van der Waals surface area (Å²) in [6.45, 7) is 7.73. The lowest BCUT2D eigenvalue weighted by atomic mass is 10.1. The van der Waals surface area contributed by atoms with E-state index in [1.54, 1.807) is 6.92 Å². The summed E-state index contributed by atoms with van der Waals surface area (Å²) < 4.78 is 46.2. The maximum absolute atomic E-state index is 11.6. The van der Waals surface area contributed by atoms with Crippen molar-refractivity contribution in [3.05, 3.63) is 12.2 Å². The van der Waals surface area contributed by atoms with E-state index < -0.39 is 28.7 Å². The molecule has 0 aliphatic heterocycles. The minimum absolute atomic E-state index is 0.126. The van der Waals surface area contributed by atoms with Gasteiger partial charge in [-0.05, 0) is 39.2 Å². The average Bonchev–Trinajstić information content (AvgIpc) is 2.23. The molecule has 0 aromatic carbocycles. The van der Waals surface area contributed by atoms with Crippen LogP contribution < -0.4 is 0 Å². The summed E-state index contributed by atoms with van der Waals surface area (Å²) in [6.07, 6.45) is 0.707. The molecule has 0 unspecified atom stereocenters. The van der Waals surface area contributed by atoms with Crippen LogP contribution in [-0.2, 0) is 22.5 Å². The molecule has 0 aromatic rings. The van der Waals surface area contributed by atoms with Crippen molar-refractivity contribution in [1.82, 2.24) is 0 Å². The second kappa shape index (κ2) is 6.47. The first-order chi connectivity index (χ1) is 8.02. The first kappa shape index (κ1) is 17.3. The maximum Gasteiger partial charge on any atom is 0.255 e. The first-order valence-electron chi connectivity index (χ1n) is 5.67. The smallest absolute Gasteiger partial charge is 0.255 e. The summed E-state index contributed by atoms with van der Waals surface area (Å²) in [4.78, 5) is 11.2. The molecule has 7 heteroatoms.